The van der Waals surface area contributed by atoms with Crippen LogP contribution in [0.25, 0.3) is 0 Å². The Hall–Kier alpha value is -1.09. The molecule has 0 aromatic carbocycles. The molecule has 0 aliphatic heterocycles. The summed E-state index contributed by atoms with van der Waals surface area (Å²) >= 11 is 0. The number of rotatable bonds is 3. The summed E-state index contributed by atoms with van der Waals surface area (Å²) in [5, 5.41) is 9.13. The second-order valence-corrected chi connectivity index (χ2v) is 3.72. The van der Waals surface area contributed by atoms with Crippen LogP contribution in [0.15, 0.2) is 12.3 Å². The SMILES string of the molecule is COc1ncc(C2CCC2)cc1CO. The molecule has 1 aromatic heterocycles. The van der Waals surface area contributed by atoms with Gasteiger partial charge in [0.25, 0.3) is 0 Å². The molecule has 1 aliphatic carbocycles. The van der Waals surface area contributed by atoms with E-state index >= 15 is 0 Å². The highest BCUT2D eigenvalue weighted by atomic mass is 16.5. The van der Waals surface area contributed by atoms with Crippen LogP contribution in [0, 0.1) is 0 Å². The first-order chi connectivity index (χ1) is 6.85. The first-order valence-electron chi connectivity index (χ1n) is 4.99. The topological polar surface area (TPSA) is 42.4 Å². The predicted octanol–water partition coefficient (Wildman–Crippen LogP) is 1.85. The third-order valence-electron chi connectivity index (χ3n) is 2.89. The molecule has 0 unspecified atom stereocenters. The van der Waals surface area contributed by atoms with Crippen molar-refractivity contribution in [1.82, 2.24) is 4.98 Å². The molecule has 3 heteroatoms. The first-order valence-corrected chi connectivity index (χ1v) is 4.99. The largest absolute Gasteiger partial charge is 0.481 e. The number of aromatic nitrogens is 1. The van der Waals surface area contributed by atoms with Crippen LogP contribution < -0.4 is 4.74 Å². The molecular formula is C11H15NO2. The Kier molecular flexibility index (Phi) is 2.68. The molecule has 1 saturated carbocycles. The molecule has 0 saturated heterocycles. The normalized spacial score (nSPS) is 16.4. The summed E-state index contributed by atoms with van der Waals surface area (Å²) in [6.07, 6.45) is 5.67. The molecule has 0 radical (unpaired) electrons. The van der Waals surface area contributed by atoms with Crippen LogP contribution in [0.3, 0.4) is 0 Å². The van der Waals surface area contributed by atoms with E-state index in [2.05, 4.69) is 4.98 Å². The van der Waals surface area contributed by atoms with Crippen molar-refractivity contribution in [2.24, 2.45) is 0 Å². The smallest absolute Gasteiger partial charge is 0.218 e. The van der Waals surface area contributed by atoms with Gasteiger partial charge in [0, 0.05) is 11.8 Å². The molecule has 14 heavy (non-hydrogen) atoms. The molecule has 2 rings (SSSR count). The number of hydrogen-bond acceptors (Lipinski definition) is 3. The van der Waals surface area contributed by atoms with Crippen molar-refractivity contribution in [2.45, 2.75) is 31.8 Å². The summed E-state index contributed by atoms with van der Waals surface area (Å²) in [6.45, 7) is -0.00324. The molecule has 0 spiro atoms. The van der Waals surface area contributed by atoms with Gasteiger partial charge in [-0.3, -0.25) is 0 Å². The summed E-state index contributed by atoms with van der Waals surface area (Å²) in [5.74, 6) is 1.19. The average Bonchev–Trinajstić information content (AvgIpc) is 2.15. The molecule has 0 amide bonds. The van der Waals surface area contributed by atoms with E-state index < -0.39 is 0 Å². The second kappa shape index (κ2) is 3.96. The van der Waals surface area contributed by atoms with Crippen molar-refractivity contribution in [1.29, 1.82) is 0 Å². The molecule has 0 atom stereocenters. The Morgan fingerprint density at radius 3 is 2.86 bits per heavy atom. The van der Waals surface area contributed by atoms with Crippen LogP contribution >= 0.6 is 0 Å². The zero-order valence-corrected chi connectivity index (χ0v) is 8.36. The van der Waals surface area contributed by atoms with E-state index in [1.807, 2.05) is 12.3 Å². The maximum atomic E-state index is 9.13. The fourth-order valence-corrected chi connectivity index (χ4v) is 1.78. The standard InChI is InChI=1S/C11H15NO2/c1-14-11-10(7-13)5-9(6-12-11)8-3-2-4-8/h5-6,8,13H,2-4,7H2,1H3. The number of methoxy groups -OCH3 is 1. The Bertz CT molecular complexity index is 321. The van der Waals surface area contributed by atoms with Crippen LogP contribution in [0.2, 0.25) is 0 Å². The molecule has 1 aromatic rings. The number of aliphatic hydroxyl groups is 1. The van der Waals surface area contributed by atoms with E-state index in [1.54, 1.807) is 7.11 Å². The molecule has 1 fully saturated rings. The highest BCUT2D eigenvalue weighted by molar-refractivity contribution is 5.31. The summed E-state index contributed by atoms with van der Waals surface area (Å²) < 4.78 is 5.05. The van der Waals surface area contributed by atoms with Gasteiger partial charge in [-0.1, -0.05) is 6.42 Å². The third kappa shape index (κ3) is 1.60. The lowest BCUT2D eigenvalue weighted by Gasteiger charge is -2.25. The number of pyridine rings is 1. The molecule has 1 N–H and O–H groups in total. The Morgan fingerprint density at radius 1 is 1.57 bits per heavy atom. The van der Waals surface area contributed by atoms with Gasteiger partial charge in [0.1, 0.15) is 0 Å². The van der Waals surface area contributed by atoms with E-state index in [0.29, 0.717) is 11.8 Å². The fourth-order valence-electron chi connectivity index (χ4n) is 1.78. The molecular weight excluding hydrogens is 178 g/mol. The number of ether oxygens (including phenoxy) is 1. The van der Waals surface area contributed by atoms with Crippen molar-refractivity contribution in [3.8, 4) is 5.88 Å². The number of nitrogens with zero attached hydrogens (tertiary/aromatic N) is 1. The Morgan fingerprint density at radius 2 is 2.36 bits per heavy atom. The summed E-state index contributed by atoms with van der Waals surface area (Å²) in [7, 11) is 1.57. The van der Waals surface area contributed by atoms with Gasteiger partial charge >= 0.3 is 0 Å². The van der Waals surface area contributed by atoms with Crippen molar-refractivity contribution in [3.05, 3.63) is 23.4 Å². The van der Waals surface area contributed by atoms with E-state index in [-0.39, 0.29) is 6.61 Å². The van der Waals surface area contributed by atoms with Gasteiger partial charge in [0.15, 0.2) is 0 Å². The minimum Gasteiger partial charge on any atom is -0.481 e. The Balaban J connectivity index is 2.26. The Labute approximate surface area is 83.7 Å². The van der Waals surface area contributed by atoms with E-state index in [0.717, 1.165) is 5.56 Å². The van der Waals surface area contributed by atoms with E-state index in [4.69, 9.17) is 9.84 Å². The minimum atomic E-state index is -0.00324. The van der Waals surface area contributed by atoms with Crippen molar-refractivity contribution in [3.63, 3.8) is 0 Å². The van der Waals surface area contributed by atoms with Gasteiger partial charge in [0.2, 0.25) is 5.88 Å². The first kappa shape index (κ1) is 9.46. The van der Waals surface area contributed by atoms with Crippen LogP contribution in [-0.4, -0.2) is 17.2 Å². The van der Waals surface area contributed by atoms with Crippen LogP contribution in [-0.2, 0) is 6.61 Å². The summed E-state index contributed by atoms with van der Waals surface area (Å²) in [6, 6.07) is 2.01. The van der Waals surface area contributed by atoms with E-state index in [1.165, 1.54) is 24.8 Å². The molecule has 1 aliphatic rings. The van der Waals surface area contributed by atoms with Gasteiger partial charge in [-0.05, 0) is 30.4 Å². The van der Waals surface area contributed by atoms with Gasteiger partial charge in [0.05, 0.1) is 13.7 Å². The molecule has 0 bridgehead atoms. The molecule has 3 nitrogen and oxygen atoms in total. The minimum absolute atomic E-state index is 0.00324. The van der Waals surface area contributed by atoms with Crippen molar-refractivity contribution in [2.75, 3.05) is 7.11 Å². The highest BCUT2D eigenvalue weighted by Gasteiger charge is 2.20. The van der Waals surface area contributed by atoms with Gasteiger partial charge in [-0.15, -0.1) is 0 Å². The van der Waals surface area contributed by atoms with E-state index in [9.17, 15) is 0 Å². The number of hydrogen-bond donors (Lipinski definition) is 1. The van der Waals surface area contributed by atoms with Crippen molar-refractivity contribution < 1.29 is 9.84 Å². The maximum absolute atomic E-state index is 9.13. The number of aliphatic hydroxyl groups excluding tert-OH is 1. The van der Waals surface area contributed by atoms with Gasteiger partial charge < -0.3 is 9.84 Å². The second-order valence-electron chi connectivity index (χ2n) is 3.72. The quantitative estimate of drug-likeness (QED) is 0.796. The summed E-state index contributed by atoms with van der Waals surface area (Å²) in [5.41, 5.74) is 2.03. The third-order valence-corrected chi connectivity index (χ3v) is 2.89. The van der Waals surface area contributed by atoms with Gasteiger partial charge in [-0.25, -0.2) is 4.98 Å². The fraction of sp³-hybridized carbons (Fsp3) is 0.545. The van der Waals surface area contributed by atoms with Gasteiger partial charge in [-0.2, -0.15) is 0 Å². The summed E-state index contributed by atoms with van der Waals surface area (Å²) in [4.78, 5) is 4.19. The lowest BCUT2D eigenvalue weighted by molar-refractivity contribution is 0.271. The lowest BCUT2D eigenvalue weighted by atomic mass is 9.80. The van der Waals surface area contributed by atoms with Crippen LogP contribution in [0.4, 0.5) is 0 Å². The maximum Gasteiger partial charge on any atom is 0.218 e. The van der Waals surface area contributed by atoms with Crippen LogP contribution in [0.5, 0.6) is 5.88 Å². The molecule has 1 heterocycles. The zero-order chi connectivity index (χ0) is 9.97. The van der Waals surface area contributed by atoms with Crippen LogP contribution in [0.1, 0.15) is 36.3 Å². The monoisotopic (exact) mass is 193 g/mol. The lowest BCUT2D eigenvalue weighted by Crippen LogP contribution is -2.10. The average molecular weight is 193 g/mol. The predicted molar refractivity (Wildman–Crippen MR) is 53.3 cm³/mol. The van der Waals surface area contributed by atoms with Crippen molar-refractivity contribution >= 4 is 0 Å². The molecule has 76 valence electrons. The zero-order valence-electron chi connectivity index (χ0n) is 8.36. The highest BCUT2D eigenvalue weighted by Crippen LogP contribution is 2.37.